The molecule has 5 nitrogen and oxygen atoms in total. The summed E-state index contributed by atoms with van der Waals surface area (Å²) in [6, 6.07) is 0.0387. The van der Waals surface area contributed by atoms with Gasteiger partial charge >= 0.3 is 5.97 Å². The average molecular weight is 244 g/mol. The molecule has 1 saturated heterocycles. The van der Waals surface area contributed by atoms with Gasteiger partial charge in [0.1, 0.15) is 0 Å². The van der Waals surface area contributed by atoms with Gasteiger partial charge < -0.3 is 14.7 Å². The van der Waals surface area contributed by atoms with Crippen molar-refractivity contribution in [2.45, 2.75) is 26.3 Å². The lowest BCUT2D eigenvalue weighted by Crippen LogP contribution is -2.49. The Bertz CT molecular complexity index is 232. The van der Waals surface area contributed by atoms with E-state index in [-0.39, 0.29) is 12.5 Å². The Hall–Kier alpha value is -0.650. The number of carbonyl (C=O) groups is 1. The van der Waals surface area contributed by atoms with Crippen molar-refractivity contribution < 1.29 is 14.6 Å². The summed E-state index contributed by atoms with van der Waals surface area (Å²) in [5.74, 6) is -0.742. The van der Waals surface area contributed by atoms with Crippen molar-refractivity contribution in [3.8, 4) is 0 Å². The fraction of sp³-hybridized carbons (Fsp3) is 0.917. The van der Waals surface area contributed by atoms with Crippen LogP contribution in [0.5, 0.6) is 0 Å². The second kappa shape index (κ2) is 7.63. The molecule has 0 aromatic heterocycles. The van der Waals surface area contributed by atoms with Gasteiger partial charge in [-0.25, -0.2) is 0 Å². The summed E-state index contributed by atoms with van der Waals surface area (Å²) < 4.78 is 5.35. The zero-order valence-electron chi connectivity index (χ0n) is 10.9. The quantitative estimate of drug-likeness (QED) is 0.707. The lowest BCUT2D eigenvalue weighted by molar-refractivity contribution is -0.140. The van der Waals surface area contributed by atoms with Gasteiger partial charge in [0.05, 0.1) is 19.6 Å². The van der Waals surface area contributed by atoms with Crippen LogP contribution < -0.4 is 0 Å². The molecule has 0 saturated carbocycles. The minimum Gasteiger partial charge on any atom is -0.481 e. The number of carboxylic acids is 1. The number of hydrogen-bond acceptors (Lipinski definition) is 4. The molecule has 1 atom stereocenters. The average Bonchev–Trinajstić information content (AvgIpc) is 2.31. The molecular formula is C12H24N2O3. The highest BCUT2D eigenvalue weighted by molar-refractivity contribution is 5.67. The van der Waals surface area contributed by atoms with Crippen LogP contribution in [0.15, 0.2) is 0 Å². The third-order valence-corrected chi connectivity index (χ3v) is 3.36. The van der Waals surface area contributed by atoms with E-state index in [9.17, 15) is 4.79 Å². The standard InChI is InChI=1S/C12H24N2O3/c1-3-13(4-2)5-6-14-7-8-17-10-11(14)9-12(15)16/h11H,3-10H2,1-2H3,(H,15,16). The molecular weight excluding hydrogens is 220 g/mol. The molecule has 100 valence electrons. The molecule has 1 rings (SSSR count). The molecule has 0 bridgehead atoms. The summed E-state index contributed by atoms with van der Waals surface area (Å²) in [5.41, 5.74) is 0. The normalized spacial score (nSPS) is 21.9. The molecule has 1 unspecified atom stereocenters. The van der Waals surface area contributed by atoms with Gasteiger partial charge in [0.15, 0.2) is 0 Å². The SMILES string of the molecule is CCN(CC)CCN1CCOCC1CC(=O)O. The van der Waals surface area contributed by atoms with E-state index in [1.165, 1.54) is 0 Å². The summed E-state index contributed by atoms with van der Waals surface area (Å²) in [6.45, 7) is 10.4. The molecule has 0 amide bonds. The van der Waals surface area contributed by atoms with Gasteiger partial charge in [-0.05, 0) is 13.1 Å². The topological polar surface area (TPSA) is 53.0 Å². The number of likely N-dealkylation sites (N-methyl/N-ethyl adjacent to an activating group) is 1. The third kappa shape index (κ3) is 5.02. The Morgan fingerprint density at radius 1 is 1.47 bits per heavy atom. The molecule has 1 fully saturated rings. The number of aliphatic carboxylic acids is 1. The largest absolute Gasteiger partial charge is 0.481 e. The number of hydrogen-bond donors (Lipinski definition) is 1. The molecule has 1 aliphatic heterocycles. The maximum atomic E-state index is 10.8. The minimum absolute atomic E-state index is 0.0387. The summed E-state index contributed by atoms with van der Waals surface area (Å²) in [6.07, 6.45) is 0.179. The highest BCUT2D eigenvalue weighted by Gasteiger charge is 2.25. The zero-order chi connectivity index (χ0) is 12.7. The van der Waals surface area contributed by atoms with Crippen LogP contribution in [-0.4, -0.2) is 72.9 Å². The van der Waals surface area contributed by atoms with E-state index in [0.29, 0.717) is 13.2 Å². The number of morpholine rings is 1. The summed E-state index contributed by atoms with van der Waals surface area (Å²) in [5, 5.41) is 8.86. The number of nitrogens with zero attached hydrogens (tertiary/aromatic N) is 2. The molecule has 1 aliphatic rings. The van der Waals surface area contributed by atoms with Crippen molar-refractivity contribution in [1.82, 2.24) is 9.80 Å². The fourth-order valence-electron chi connectivity index (χ4n) is 2.18. The first kappa shape index (κ1) is 14.4. The maximum Gasteiger partial charge on any atom is 0.305 e. The van der Waals surface area contributed by atoms with Gasteiger partial charge in [-0.2, -0.15) is 0 Å². The number of rotatable bonds is 7. The Labute approximate surface area is 103 Å². The zero-order valence-corrected chi connectivity index (χ0v) is 10.9. The smallest absolute Gasteiger partial charge is 0.305 e. The summed E-state index contributed by atoms with van der Waals surface area (Å²) in [4.78, 5) is 15.4. The summed E-state index contributed by atoms with van der Waals surface area (Å²) >= 11 is 0. The first-order valence-electron chi connectivity index (χ1n) is 6.43. The molecule has 1 N–H and O–H groups in total. The second-order valence-electron chi connectivity index (χ2n) is 4.39. The van der Waals surface area contributed by atoms with Crippen molar-refractivity contribution in [3.63, 3.8) is 0 Å². The van der Waals surface area contributed by atoms with Gasteiger partial charge in [-0.1, -0.05) is 13.8 Å². The summed E-state index contributed by atoms with van der Waals surface area (Å²) in [7, 11) is 0. The predicted molar refractivity (Wildman–Crippen MR) is 66.2 cm³/mol. The molecule has 0 spiro atoms. The van der Waals surface area contributed by atoms with E-state index < -0.39 is 5.97 Å². The van der Waals surface area contributed by atoms with Crippen LogP contribution in [-0.2, 0) is 9.53 Å². The van der Waals surface area contributed by atoms with E-state index >= 15 is 0 Å². The molecule has 0 aliphatic carbocycles. The van der Waals surface area contributed by atoms with Crippen LogP contribution in [0.4, 0.5) is 0 Å². The van der Waals surface area contributed by atoms with Crippen molar-refractivity contribution in [1.29, 1.82) is 0 Å². The number of carboxylic acid groups (broad SMARTS) is 1. The Morgan fingerprint density at radius 3 is 2.76 bits per heavy atom. The van der Waals surface area contributed by atoms with Crippen LogP contribution >= 0.6 is 0 Å². The minimum atomic E-state index is -0.742. The van der Waals surface area contributed by atoms with Crippen LogP contribution in [0.3, 0.4) is 0 Å². The first-order chi connectivity index (χ1) is 8.17. The Balaban J connectivity index is 2.39. The molecule has 5 heteroatoms. The van der Waals surface area contributed by atoms with Crippen LogP contribution in [0.2, 0.25) is 0 Å². The second-order valence-corrected chi connectivity index (χ2v) is 4.39. The monoisotopic (exact) mass is 244 g/mol. The highest BCUT2D eigenvalue weighted by Crippen LogP contribution is 2.10. The van der Waals surface area contributed by atoms with Crippen molar-refractivity contribution in [3.05, 3.63) is 0 Å². The highest BCUT2D eigenvalue weighted by atomic mass is 16.5. The van der Waals surface area contributed by atoms with Gasteiger partial charge in [0.25, 0.3) is 0 Å². The fourth-order valence-corrected chi connectivity index (χ4v) is 2.18. The van der Waals surface area contributed by atoms with Crippen LogP contribution in [0.25, 0.3) is 0 Å². The van der Waals surface area contributed by atoms with E-state index in [4.69, 9.17) is 9.84 Å². The molecule has 0 aromatic rings. The predicted octanol–water partition coefficient (Wildman–Crippen LogP) is 0.504. The number of ether oxygens (including phenoxy) is 1. The van der Waals surface area contributed by atoms with E-state index in [2.05, 4.69) is 23.6 Å². The van der Waals surface area contributed by atoms with Gasteiger partial charge in [-0.3, -0.25) is 9.69 Å². The van der Waals surface area contributed by atoms with Crippen molar-refractivity contribution in [2.75, 3.05) is 45.9 Å². The molecule has 0 radical (unpaired) electrons. The van der Waals surface area contributed by atoms with E-state index in [1.807, 2.05) is 0 Å². The van der Waals surface area contributed by atoms with E-state index in [1.54, 1.807) is 0 Å². The Morgan fingerprint density at radius 2 is 2.18 bits per heavy atom. The van der Waals surface area contributed by atoms with Crippen molar-refractivity contribution >= 4 is 5.97 Å². The van der Waals surface area contributed by atoms with Crippen LogP contribution in [0.1, 0.15) is 20.3 Å². The van der Waals surface area contributed by atoms with E-state index in [0.717, 1.165) is 32.7 Å². The van der Waals surface area contributed by atoms with Crippen molar-refractivity contribution in [2.24, 2.45) is 0 Å². The molecule has 17 heavy (non-hydrogen) atoms. The Kier molecular flexibility index (Phi) is 6.47. The third-order valence-electron chi connectivity index (χ3n) is 3.36. The maximum absolute atomic E-state index is 10.8. The molecule has 0 aromatic carbocycles. The molecule has 1 heterocycles. The lowest BCUT2D eigenvalue weighted by atomic mass is 10.1. The van der Waals surface area contributed by atoms with Crippen LogP contribution in [0, 0.1) is 0 Å². The van der Waals surface area contributed by atoms with Gasteiger partial charge in [0, 0.05) is 25.7 Å². The first-order valence-corrected chi connectivity index (χ1v) is 6.43. The van der Waals surface area contributed by atoms with Gasteiger partial charge in [0.2, 0.25) is 0 Å². The van der Waals surface area contributed by atoms with Gasteiger partial charge in [-0.15, -0.1) is 0 Å². The lowest BCUT2D eigenvalue weighted by Gasteiger charge is -2.36.